The lowest BCUT2D eigenvalue weighted by atomic mass is 10.1. The zero-order chi connectivity index (χ0) is 13.0. The number of hydrogen-bond donors (Lipinski definition) is 2. The molecule has 0 aliphatic carbocycles. The Morgan fingerprint density at radius 2 is 2.21 bits per heavy atom. The number of rotatable bonds is 3. The van der Waals surface area contributed by atoms with Crippen LogP contribution in [0.5, 0.6) is 0 Å². The Bertz CT molecular complexity index is 563. The van der Waals surface area contributed by atoms with Gasteiger partial charge < -0.3 is 5.32 Å². The van der Waals surface area contributed by atoms with Crippen molar-refractivity contribution >= 4 is 22.4 Å². The Morgan fingerprint density at radius 1 is 1.42 bits per heavy atom. The van der Waals surface area contributed by atoms with E-state index in [2.05, 4.69) is 10.0 Å². The van der Waals surface area contributed by atoms with Crippen LogP contribution in [-0.2, 0) is 10.0 Å². The van der Waals surface area contributed by atoms with Crippen LogP contribution in [0.25, 0.3) is 0 Å². The van der Waals surface area contributed by atoms with Gasteiger partial charge in [0.1, 0.15) is 0 Å². The zero-order valence-corrected chi connectivity index (χ0v) is 11.9. The van der Waals surface area contributed by atoms with E-state index in [0.717, 1.165) is 19.4 Å². The fourth-order valence-corrected chi connectivity index (χ4v) is 3.29. The lowest BCUT2D eigenvalue weighted by Gasteiger charge is -2.23. The third-order valence-electron chi connectivity index (χ3n) is 2.89. The molecule has 1 heterocycles. The summed E-state index contributed by atoms with van der Waals surface area (Å²) >= 11 is 0. The van der Waals surface area contributed by atoms with Crippen molar-refractivity contribution in [2.45, 2.75) is 23.8 Å². The Hall–Kier alpha value is -1.13. The predicted molar refractivity (Wildman–Crippen MR) is 74.6 cm³/mol. The van der Waals surface area contributed by atoms with Crippen LogP contribution in [0, 0.1) is 11.3 Å². The molecule has 19 heavy (non-hydrogen) atoms. The van der Waals surface area contributed by atoms with Gasteiger partial charge in [-0.1, -0.05) is 6.07 Å². The molecule has 1 aromatic carbocycles. The van der Waals surface area contributed by atoms with Crippen molar-refractivity contribution in [1.82, 2.24) is 10.0 Å². The average molecular weight is 302 g/mol. The maximum absolute atomic E-state index is 12.1. The minimum Gasteiger partial charge on any atom is -0.315 e. The molecule has 1 aliphatic rings. The van der Waals surface area contributed by atoms with Gasteiger partial charge in [0.25, 0.3) is 0 Å². The maximum Gasteiger partial charge on any atom is 0.240 e. The smallest absolute Gasteiger partial charge is 0.240 e. The molecule has 2 N–H and O–H groups in total. The highest BCUT2D eigenvalue weighted by molar-refractivity contribution is 7.89. The van der Waals surface area contributed by atoms with Crippen molar-refractivity contribution in [2.75, 3.05) is 13.1 Å². The second kappa shape index (κ2) is 6.87. The molecule has 2 rings (SSSR count). The van der Waals surface area contributed by atoms with Crippen LogP contribution in [0.3, 0.4) is 0 Å². The van der Waals surface area contributed by atoms with Gasteiger partial charge in [0.2, 0.25) is 10.0 Å². The molecule has 1 fully saturated rings. The highest BCUT2D eigenvalue weighted by Gasteiger charge is 2.21. The summed E-state index contributed by atoms with van der Waals surface area (Å²) in [7, 11) is -3.53. The monoisotopic (exact) mass is 301 g/mol. The lowest BCUT2D eigenvalue weighted by molar-refractivity contribution is 0.428. The number of sulfonamides is 1. The molecule has 1 saturated heterocycles. The molecule has 104 valence electrons. The van der Waals surface area contributed by atoms with Gasteiger partial charge in [-0.05, 0) is 37.6 Å². The number of halogens is 1. The van der Waals surface area contributed by atoms with E-state index in [4.69, 9.17) is 5.26 Å². The van der Waals surface area contributed by atoms with Crippen LogP contribution < -0.4 is 10.0 Å². The first-order valence-electron chi connectivity index (χ1n) is 5.85. The van der Waals surface area contributed by atoms with Gasteiger partial charge in [0.15, 0.2) is 0 Å². The number of hydrogen-bond acceptors (Lipinski definition) is 4. The normalized spacial score (nSPS) is 19.2. The van der Waals surface area contributed by atoms with E-state index in [9.17, 15) is 8.42 Å². The maximum atomic E-state index is 12.1. The largest absolute Gasteiger partial charge is 0.315 e. The van der Waals surface area contributed by atoms with Gasteiger partial charge in [-0.25, -0.2) is 13.1 Å². The van der Waals surface area contributed by atoms with Crippen molar-refractivity contribution in [3.05, 3.63) is 29.8 Å². The second-order valence-corrected chi connectivity index (χ2v) is 6.02. The molecule has 7 heteroatoms. The number of nitrogens with zero attached hydrogens (tertiary/aromatic N) is 1. The molecule has 0 saturated carbocycles. The van der Waals surface area contributed by atoms with E-state index in [1.807, 2.05) is 6.07 Å². The molecule has 0 radical (unpaired) electrons. The molecule has 1 aliphatic heterocycles. The summed E-state index contributed by atoms with van der Waals surface area (Å²) < 4.78 is 26.9. The summed E-state index contributed by atoms with van der Waals surface area (Å²) in [6, 6.07) is 7.91. The first-order valence-corrected chi connectivity index (χ1v) is 7.33. The minimum atomic E-state index is -3.53. The van der Waals surface area contributed by atoms with Crippen LogP contribution in [-0.4, -0.2) is 27.5 Å². The lowest BCUT2D eigenvalue weighted by Crippen LogP contribution is -2.45. The van der Waals surface area contributed by atoms with Gasteiger partial charge in [-0.15, -0.1) is 12.4 Å². The fraction of sp³-hybridized carbons (Fsp3) is 0.417. The minimum absolute atomic E-state index is 0. The topological polar surface area (TPSA) is 82.0 Å². The fourth-order valence-electron chi connectivity index (χ4n) is 1.97. The van der Waals surface area contributed by atoms with Crippen LogP contribution in [0.4, 0.5) is 0 Å². The van der Waals surface area contributed by atoms with Gasteiger partial charge in [0.05, 0.1) is 16.5 Å². The third-order valence-corrected chi connectivity index (χ3v) is 4.41. The molecule has 1 atom stereocenters. The van der Waals surface area contributed by atoms with Gasteiger partial charge in [-0.2, -0.15) is 5.26 Å². The summed E-state index contributed by atoms with van der Waals surface area (Å²) in [4.78, 5) is 0.145. The van der Waals surface area contributed by atoms with E-state index in [0.29, 0.717) is 12.1 Å². The molecule has 0 spiro atoms. The van der Waals surface area contributed by atoms with E-state index in [1.165, 1.54) is 12.1 Å². The standard InChI is InChI=1S/C12H15N3O2S.ClH/c13-8-10-3-1-5-12(7-10)18(16,17)15-11-4-2-6-14-9-11;/h1,3,5,7,11,14-15H,2,4,6,9H2;1H/t11-;/m1./s1. The summed E-state index contributed by atoms with van der Waals surface area (Å²) in [6.45, 7) is 1.58. The SMILES string of the molecule is Cl.N#Cc1cccc(S(=O)(=O)N[C@@H]2CCCNC2)c1. The third kappa shape index (κ3) is 4.18. The summed E-state index contributed by atoms with van der Waals surface area (Å²) in [5, 5.41) is 11.9. The average Bonchev–Trinajstić information content (AvgIpc) is 2.39. The van der Waals surface area contributed by atoms with Crippen LogP contribution in [0.15, 0.2) is 29.2 Å². The number of benzene rings is 1. The first kappa shape index (κ1) is 15.9. The van der Waals surface area contributed by atoms with E-state index in [-0.39, 0.29) is 23.3 Å². The van der Waals surface area contributed by atoms with Crippen molar-refractivity contribution < 1.29 is 8.42 Å². The van der Waals surface area contributed by atoms with Crippen LogP contribution in [0.2, 0.25) is 0 Å². The quantitative estimate of drug-likeness (QED) is 0.873. The molecular formula is C12H16ClN3O2S. The molecule has 5 nitrogen and oxygen atoms in total. The van der Waals surface area contributed by atoms with E-state index < -0.39 is 10.0 Å². The molecule has 0 aromatic heterocycles. The predicted octanol–water partition coefficient (Wildman–Crippen LogP) is 1.01. The summed E-state index contributed by atoms with van der Waals surface area (Å²) in [5.41, 5.74) is 0.347. The Morgan fingerprint density at radius 3 is 2.84 bits per heavy atom. The highest BCUT2D eigenvalue weighted by Crippen LogP contribution is 2.13. The number of nitriles is 1. The Kier molecular flexibility index (Phi) is 5.76. The molecular weight excluding hydrogens is 286 g/mol. The van der Waals surface area contributed by atoms with Gasteiger partial charge in [0, 0.05) is 12.6 Å². The molecule has 0 unspecified atom stereocenters. The van der Waals surface area contributed by atoms with E-state index >= 15 is 0 Å². The Balaban J connectivity index is 0.00000180. The summed E-state index contributed by atoms with van der Waals surface area (Å²) in [6.07, 6.45) is 1.80. The highest BCUT2D eigenvalue weighted by atomic mass is 35.5. The van der Waals surface area contributed by atoms with Crippen molar-refractivity contribution in [1.29, 1.82) is 5.26 Å². The second-order valence-electron chi connectivity index (χ2n) is 4.30. The van der Waals surface area contributed by atoms with Gasteiger partial charge >= 0.3 is 0 Å². The summed E-state index contributed by atoms with van der Waals surface area (Å²) in [5.74, 6) is 0. The first-order chi connectivity index (χ1) is 8.62. The van der Waals surface area contributed by atoms with Gasteiger partial charge in [-0.3, -0.25) is 0 Å². The van der Waals surface area contributed by atoms with Crippen LogP contribution >= 0.6 is 12.4 Å². The van der Waals surface area contributed by atoms with Crippen molar-refractivity contribution in [3.63, 3.8) is 0 Å². The van der Waals surface area contributed by atoms with Crippen molar-refractivity contribution in [3.8, 4) is 6.07 Å². The molecule has 0 bridgehead atoms. The van der Waals surface area contributed by atoms with E-state index in [1.54, 1.807) is 12.1 Å². The number of piperidine rings is 1. The molecule has 1 aromatic rings. The number of nitrogens with one attached hydrogen (secondary N) is 2. The van der Waals surface area contributed by atoms with Crippen molar-refractivity contribution in [2.24, 2.45) is 0 Å². The molecule has 0 amide bonds. The zero-order valence-electron chi connectivity index (χ0n) is 10.3. The Labute approximate surface area is 119 Å². The van der Waals surface area contributed by atoms with Crippen LogP contribution in [0.1, 0.15) is 18.4 Å².